The van der Waals surface area contributed by atoms with Gasteiger partial charge in [0.25, 0.3) is 11.5 Å². The predicted molar refractivity (Wildman–Crippen MR) is 155 cm³/mol. The van der Waals surface area contributed by atoms with Crippen molar-refractivity contribution in [1.29, 1.82) is 0 Å². The second-order valence-electron chi connectivity index (χ2n) is 9.93. The molecule has 5 aromatic rings. The Bertz CT molecular complexity index is 1640. The predicted octanol–water partition coefficient (Wildman–Crippen LogP) is 5.83. The number of aromatic nitrogens is 2. The van der Waals surface area contributed by atoms with Gasteiger partial charge in [-0.3, -0.25) is 14.2 Å². The number of furan rings is 1. The van der Waals surface area contributed by atoms with E-state index in [0.717, 1.165) is 22.9 Å². The molecular weight excluding hydrogens is 488 g/mol. The molecular formula is C32H34N4O3. The molecule has 0 spiro atoms. The van der Waals surface area contributed by atoms with Gasteiger partial charge in [0.2, 0.25) is 5.58 Å². The first-order valence-corrected chi connectivity index (χ1v) is 13.6. The lowest BCUT2D eigenvalue weighted by Gasteiger charge is -2.33. The summed E-state index contributed by atoms with van der Waals surface area (Å²) in [6.07, 6.45) is 2.08. The minimum Gasteiger partial charge on any atom is -0.448 e. The van der Waals surface area contributed by atoms with E-state index < -0.39 is 6.04 Å². The molecule has 0 aliphatic rings. The highest BCUT2D eigenvalue weighted by Crippen LogP contribution is 2.31. The van der Waals surface area contributed by atoms with Gasteiger partial charge in [0.1, 0.15) is 16.9 Å². The highest BCUT2D eigenvalue weighted by Gasteiger charge is 2.31. The maximum atomic E-state index is 14.1. The van der Waals surface area contributed by atoms with Gasteiger partial charge in [-0.25, -0.2) is 4.98 Å². The van der Waals surface area contributed by atoms with Crippen molar-refractivity contribution < 1.29 is 9.21 Å². The summed E-state index contributed by atoms with van der Waals surface area (Å²) >= 11 is 0. The van der Waals surface area contributed by atoms with Crippen LogP contribution in [0.4, 0.5) is 0 Å². The van der Waals surface area contributed by atoms with Crippen LogP contribution in [0.1, 0.15) is 59.5 Å². The molecule has 0 aliphatic carbocycles. The van der Waals surface area contributed by atoms with E-state index in [4.69, 9.17) is 15.1 Å². The SMILES string of the molecule is CCCC(c1nc2c(oc3ccccc32)c(=O)n1Cc1ccccc1)N(CCCN)C(=O)c1ccc(C)cc1. The molecule has 2 aromatic heterocycles. The van der Waals surface area contributed by atoms with E-state index in [0.29, 0.717) is 55.0 Å². The molecule has 2 heterocycles. The van der Waals surface area contributed by atoms with Gasteiger partial charge in [-0.05, 0) is 56.1 Å². The van der Waals surface area contributed by atoms with Crippen molar-refractivity contribution in [2.24, 2.45) is 5.73 Å². The zero-order valence-electron chi connectivity index (χ0n) is 22.5. The lowest BCUT2D eigenvalue weighted by Crippen LogP contribution is -2.40. The van der Waals surface area contributed by atoms with Crippen molar-refractivity contribution in [1.82, 2.24) is 14.5 Å². The molecule has 7 heteroatoms. The Balaban J connectivity index is 1.73. The average Bonchev–Trinajstić information content (AvgIpc) is 3.34. The lowest BCUT2D eigenvalue weighted by atomic mass is 10.0. The molecule has 1 atom stereocenters. The number of carbonyl (C=O) groups excluding carboxylic acids is 1. The molecule has 2 N–H and O–H groups in total. The highest BCUT2D eigenvalue weighted by atomic mass is 16.3. The number of hydrogen-bond acceptors (Lipinski definition) is 5. The fraction of sp³-hybridized carbons (Fsp3) is 0.281. The van der Waals surface area contributed by atoms with Crippen LogP contribution in [0, 0.1) is 6.92 Å². The van der Waals surface area contributed by atoms with E-state index >= 15 is 0 Å². The molecule has 0 radical (unpaired) electrons. The molecule has 3 aromatic carbocycles. The zero-order chi connectivity index (χ0) is 27.4. The van der Waals surface area contributed by atoms with Crippen molar-refractivity contribution >= 4 is 28.0 Å². The Morgan fingerprint density at radius 2 is 1.74 bits per heavy atom. The summed E-state index contributed by atoms with van der Waals surface area (Å²) in [4.78, 5) is 35.0. The van der Waals surface area contributed by atoms with Crippen LogP contribution in [0.25, 0.3) is 22.1 Å². The van der Waals surface area contributed by atoms with Gasteiger partial charge in [0.05, 0.1) is 12.6 Å². The number of benzene rings is 3. The number of hydrogen-bond donors (Lipinski definition) is 1. The van der Waals surface area contributed by atoms with Gasteiger partial charge >= 0.3 is 0 Å². The molecule has 200 valence electrons. The van der Waals surface area contributed by atoms with Crippen LogP contribution in [0.3, 0.4) is 0 Å². The van der Waals surface area contributed by atoms with Crippen LogP contribution in [0.15, 0.2) is 88.1 Å². The third kappa shape index (κ3) is 5.36. The number of fused-ring (bicyclic) bond motifs is 3. The average molecular weight is 523 g/mol. The van der Waals surface area contributed by atoms with Crippen LogP contribution < -0.4 is 11.3 Å². The molecule has 0 saturated heterocycles. The van der Waals surface area contributed by atoms with Gasteiger partial charge in [0, 0.05) is 17.5 Å². The summed E-state index contributed by atoms with van der Waals surface area (Å²) < 4.78 is 7.70. The van der Waals surface area contributed by atoms with Gasteiger partial charge in [-0.15, -0.1) is 0 Å². The van der Waals surface area contributed by atoms with Crippen molar-refractivity contribution in [3.63, 3.8) is 0 Å². The molecule has 0 saturated carbocycles. The Morgan fingerprint density at radius 1 is 1.03 bits per heavy atom. The van der Waals surface area contributed by atoms with Crippen LogP contribution >= 0.6 is 0 Å². The zero-order valence-corrected chi connectivity index (χ0v) is 22.5. The first kappa shape index (κ1) is 26.4. The van der Waals surface area contributed by atoms with Crippen molar-refractivity contribution in [3.8, 4) is 0 Å². The molecule has 5 rings (SSSR count). The van der Waals surface area contributed by atoms with Crippen LogP contribution in [-0.2, 0) is 6.54 Å². The minimum atomic E-state index is -0.426. The largest absolute Gasteiger partial charge is 0.448 e. The van der Waals surface area contributed by atoms with Crippen molar-refractivity contribution in [3.05, 3.63) is 112 Å². The first-order valence-electron chi connectivity index (χ1n) is 13.6. The highest BCUT2D eigenvalue weighted by molar-refractivity contribution is 6.02. The number of nitrogens with zero attached hydrogens (tertiary/aromatic N) is 3. The molecule has 0 fully saturated rings. The molecule has 0 bridgehead atoms. The quantitative estimate of drug-likeness (QED) is 0.249. The molecule has 7 nitrogen and oxygen atoms in total. The number of para-hydroxylation sites is 1. The minimum absolute atomic E-state index is 0.0976. The van der Waals surface area contributed by atoms with E-state index in [1.165, 1.54) is 0 Å². The topological polar surface area (TPSA) is 94.4 Å². The fourth-order valence-electron chi connectivity index (χ4n) is 5.08. The standard InChI is InChI=1S/C32H34N4O3/c1-3-10-26(35(20-9-19-33)31(37)24-17-15-22(2)16-18-24)30-34-28-25-13-7-8-14-27(25)39-29(28)32(38)36(30)21-23-11-5-4-6-12-23/h4-8,11-18,26H,3,9-10,19-21,33H2,1-2H3. The third-order valence-corrected chi connectivity index (χ3v) is 7.09. The van der Waals surface area contributed by atoms with Gasteiger partial charge in [0.15, 0.2) is 0 Å². The van der Waals surface area contributed by atoms with Crippen molar-refractivity contribution in [2.75, 3.05) is 13.1 Å². The summed E-state index contributed by atoms with van der Waals surface area (Å²) in [5.74, 6) is 0.460. The maximum absolute atomic E-state index is 14.1. The summed E-state index contributed by atoms with van der Waals surface area (Å²) in [7, 11) is 0. The monoisotopic (exact) mass is 522 g/mol. The Hall–Kier alpha value is -4.23. The Kier molecular flexibility index (Phi) is 7.89. The number of nitrogens with two attached hydrogens (primary N) is 1. The number of carbonyl (C=O) groups is 1. The first-order chi connectivity index (χ1) is 19.0. The summed E-state index contributed by atoms with van der Waals surface area (Å²) in [6.45, 7) is 5.30. The van der Waals surface area contributed by atoms with E-state index in [1.807, 2.05) is 90.7 Å². The summed E-state index contributed by atoms with van der Waals surface area (Å²) in [5.41, 5.74) is 9.67. The second kappa shape index (κ2) is 11.7. The van der Waals surface area contributed by atoms with Crippen LogP contribution in [0.2, 0.25) is 0 Å². The maximum Gasteiger partial charge on any atom is 0.297 e. The Labute approximate surface area is 227 Å². The van der Waals surface area contributed by atoms with E-state index in [9.17, 15) is 9.59 Å². The van der Waals surface area contributed by atoms with E-state index in [-0.39, 0.29) is 17.0 Å². The number of amides is 1. The lowest BCUT2D eigenvalue weighted by molar-refractivity contribution is 0.0649. The Morgan fingerprint density at radius 3 is 2.46 bits per heavy atom. The van der Waals surface area contributed by atoms with Gasteiger partial charge < -0.3 is 15.1 Å². The fourth-order valence-corrected chi connectivity index (χ4v) is 5.08. The van der Waals surface area contributed by atoms with Gasteiger partial charge in [-0.1, -0.05) is 73.5 Å². The third-order valence-electron chi connectivity index (χ3n) is 7.09. The van der Waals surface area contributed by atoms with E-state index in [2.05, 4.69) is 6.92 Å². The van der Waals surface area contributed by atoms with Crippen LogP contribution in [-0.4, -0.2) is 33.4 Å². The smallest absolute Gasteiger partial charge is 0.297 e. The molecule has 1 unspecified atom stereocenters. The summed E-state index contributed by atoms with van der Waals surface area (Å²) in [6, 6.07) is 24.5. The molecule has 0 aliphatic heterocycles. The van der Waals surface area contributed by atoms with Crippen LogP contribution in [0.5, 0.6) is 0 Å². The number of rotatable bonds is 10. The molecule has 39 heavy (non-hydrogen) atoms. The van der Waals surface area contributed by atoms with Crippen molar-refractivity contribution in [2.45, 2.75) is 45.7 Å². The number of aryl methyl sites for hydroxylation is 1. The molecule has 1 amide bonds. The second-order valence-corrected chi connectivity index (χ2v) is 9.93. The van der Waals surface area contributed by atoms with E-state index in [1.54, 1.807) is 4.57 Å². The summed E-state index contributed by atoms with van der Waals surface area (Å²) in [5, 5.41) is 0.784. The van der Waals surface area contributed by atoms with Gasteiger partial charge in [-0.2, -0.15) is 0 Å². The normalized spacial score (nSPS) is 12.2.